The molecule has 1 aromatic heterocycles. The number of benzene rings is 3. The summed E-state index contributed by atoms with van der Waals surface area (Å²) >= 11 is 1.54. The number of anilines is 1. The molecule has 0 aliphatic carbocycles. The summed E-state index contributed by atoms with van der Waals surface area (Å²) in [6.45, 7) is 2.16. The number of hydrogen-bond acceptors (Lipinski definition) is 5. The third kappa shape index (κ3) is 5.93. The quantitative estimate of drug-likeness (QED) is 0.335. The summed E-state index contributed by atoms with van der Waals surface area (Å²) in [7, 11) is 1.64. The molecule has 3 aromatic carbocycles. The number of aromatic nitrogens is 3. The van der Waals surface area contributed by atoms with E-state index in [0.29, 0.717) is 22.4 Å². The van der Waals surface area contributed by atoms with Crippen molar-refractivity contribution in [1.82, 2.24) is 20.1 Å². The summed E-state index contributed by atoms with van der Waals surface area (Å²) in [5.41, 5.74) is 3.49. The van der Waals surface area contributed by atoms with Crippen LogP contribution in [0.25, 0.3) is 5.69 Å². The van der Waals surface area contributed by atoms with Crippen LogP contribution in [0.2, 0.25) is 0 Å². The minimum Gasteiger partial charge on any atom is -0.497 e. The van der Waals surface area contributed by atoms with Crippen molar-refractivity contribution < 1.29 is 13.9 Å². The second-order valence-corrected chi connectivity index (χ2v) is 8.47. The Morgan fingerprint density at radius 1 is 1.06 bits per heavy atom. The molecular weight excluding hydrogens is 453 g/mol. The first kappa shape index (κ1) is 23.3. The fraction of sp³-hybridized carbons (Fsp3) is 0.160. The zero-order valence-corrected chi connectivity index (χ0v) is 19.6. The number of aryl methyl sites for hydroxylation is 1. The monoisotopic (exact) mass is 477 g/mol. The van der Waals surface area contributed by atoms with Crippen molar-refractivity contribution in [3.8, 4) is 11.4 Å². The summed E-state index contributed by atoms with van der Waals surface area (Å²) in [5, 5.41) is 14.8. The molecule has 4 aromatic rings. The summed E-state index contributed by atoms with van der Waals surface area (Å²) in [6, 6.07) is 21.1. The molecule has 9 heteroatoms. The Kier molecular flexibility index (Phi) is 7.44. The van der Waals surface area contributed by atoms with Crippen LogP contribution in [0.1, 0.15) is 17.0 Å². The zero-order valence-electron chi connectivity index (χ0n) is 18.8. The molecule has 34 heavy (non-hydrogen) atoms. The lowest BCUT2D eigenvalue weighted by Crippen LogP contribution is -2.29. The van der Waals surface area contributed by atoms with Crippen LogP contribution in [-0.4, -0.2) is 27.9 Å². The van der Waals surface area contributed by atoms with E-state index in [-0.39, 0.29) is 6.54 Å². The Balaban J connectivity index is 1.51. The van der Waals surface area contributed by atoms with Crippen molar-refractivity contribution in [2.24, 2.45) is 0 Å². The maximum Gasteiger partial charge on any atom is 0.319 e. The normalized spacial score (nSPS) is 10.7. The molecule has 1 heterocycles. The minimum atomic E-state index is -0.463. The van der Waals surface area contributed by atoms with Gasteiger partial charge >= 0.3 is 6.03 Å². The van der Waals surface area contributed by atoms with Crippen LogP contribution in [0.15, 0.2) is 78.0 Å². The molecule has 0 saturated carbocycles. The number of thioether (sulfide) groups is 1. The van der Waals surface area contributed by atoms with E-state index >= 15 is 0 Å². The largest absolute Gasteiger partial charge is 0.497 e. The molecule has 4 rings (SSSR count). The van der Waals surface area contributed by atoms with Crippen molar-refractivity contribution in [2.45, 2.75) is 24.4 Å². The fourth-order valence-corrected chi connectivity index (χ4v) is 4.19. The Morgan fingerprint density at radius 3 is 2.62 bits per heavy atom. The van der Waals surface area contributed by atoms with E-state index in [0.717, 1.165) is 22.6 Å². The SMILES string of the molecule is COc1cccc(CSc2nnc(CNC(=O)Nc3cccc(F)c3)n2-c2ccc(C)cc2)c1. The number of nitrogens with one attached hydrogen (secondary N) is 2. The molecule has 174 valence electrons. The predicted molar refractivity (Wildman–Crippen MR) is 131 cm³/mol. The van der Waals surface area contributed by atoms with Crippen molar-refractivity contribution >= 4 is 23.5 Å². The lowest BCUT2D eigenvalue weighted by atomic mass is 10.2. The van der Waals surface area contributed by atoms with Gasteiger partial charge in [0.15, 0.2) is 11.0 Å². The molecule has 0 spiro atoms. The first-order valence-corrected chi connectivity index (χ1v) is 11.6. The number of hydrogen-bond donors (Lipinski definition) is 2. The lowest BCUT2D eigenvalue weighted by Gasteiger charge is -2.12. The highest BCUT2D eigenvalue weighted by Gasteiger charge is 2.16. The van der Waals surface area contributed by atoms with E-state index < -0.39 is 11.8 Å². The van der Waals surface area contributed by atoms with E-state index in [4.69, 9.17) is 4.74 Å². The maximum absolute atomic E-state index is 13.4. The zero-order chi connectivity index (χ0) is 23.9. The van der Waals surface area contributed by atoms with Gasteiger partial charge in [-0.3, -0.25) is 4.57 Å². The molecule has 0 bridgehead atoms. The van der Waals surface area contributed by atoms with Gasteiger partial charge in [-0.15, -0.1) is 10.2 Å². The molecule has 0 atom stereocenters. The molecule has 0 saturated heterocycles. The van der Waals surface area contributed by atoms with Crippen LogP contribution in [-0.2, 0) is 12.3 Å². The molecule has 7 nitrogen and oxygen atoms in total. The standard InChI is InChI=1S/C25H24FN5O2S/c1-17-9-11-21(12-10-17)31-23(15-27-24(32)28-20-7-4-6-19(26)14-20)29-30-25(31)34-16-18-5-3-8-22(13-18)33-2/h3-14H,15-16H2,1-2H3,(H2,27,28,32). The second-order valence-electron chi connectivity index (χ2n) is 7.53. The van der Waals surface area contributed by atoms with Crippen LogP contribution >= 0.6 is 11.8 Å². The lowest BCUT2D eigenvalue weighted by molar-refractivity contribution is 0.251. The van der Waals surface area contributed by atoms with E-state index in [1.807, 2.05) is 60.0 Å². The van der Waals surface area contributed by atoms with E-state index in [1.54, 1.807) is 24.9 Å². The Hall–Kier alpha value is -3.85. The van der Waals surface area contributed by atoms with Crippen LogP contribution in [0.5, 0.6) is 5.75 Å². The van der Waals surface area contributed by atoms with Crippen molar-refractivity contribution in [3.05, 3.63) is 95.6 Å². The molecule has 0 fully saturated rings. The van der Waals surface area contributed by atoms with Gasteiger partial charge in [-0.25, -0.2) is 9.18 Å². The summed E-state index contributed by atoms with van der Waals surface area (Å²) in [6.07, 6.45) is 0. The number of carbonyl (C=O) groups excluding carboxylic acids is 1. The molecule has 0 radical (unpaired) electrons. The van der Waals surface area contributed by atoms with Gasteiger partial charge in [-0.1, -0.05) is 47.7 Å². The van der Waals surface area contributed by atoms with Crippen LogP contribution < -0.4 is 15.4 Å². The smallest absolute Gasteiger partial charge is 0.319 e. The first-order chi connectivity index (χ1) is 16.5. The first-order valence-electron chi connectivity index (χ1n) is 10.6. The van der Waals surface area contributed by atoms with Crippen molar-refractivity contribution in [3.63, 3.8) is 0 Å². The van der Waals surface area contributed by atoms with E-state index in [2.05, 4.69) is 20.8 Å². The van der Waals surface area contributed by atoms with Gasteiger partial charge in [0.1, 0.15) is 11.6 Å². The van der Waals surface area contributed by atoms with Gasteiger partial charge in [0.2, 0.25) is 0 Å². The Bertz CT molecular complexity index is 1280. The van der Waals surface area contributed by atoms with Crippen LogP contribution in [0.3, 0.4) is 0 Å². The second kappa shape index (κ2) is 10.8. The molecule has 0 aliphatic rings. The van der Waals surface area contributed by atoms with Crippen molar-refractivity contribution in [1.29, 1.82) is 0 Å². The number of nitrogens with zero attached hydrogens (tertiary/aromatic N) is 3. The van der Waals surface area contributed by atoms with Gasteiger partial charge in [-0.05, 0) is 55.0 Å². The number of carbonyl (C=O) groups is 1. The highest BCUT2D eigenvalue weighted by Crippen LogP contribution is 2.27. The van der Waals surface area contributed by atoms with Crippen LogP contribution in [0, 0.1) is 12.7 Å². The van der Waals surface area contributed by atoms with Crippen molar-refractivity contribution in [2.75, 3.05) is 12.4 Å². The number of ether oxygens (including phenoxy) is 1. The molecule has 0 unspecified atom stereocenters. The average molecular weight is 478 g/mol. The van der Waals surface area contributed by atoms with E-state index in [9.17, 15) is 9.18 Å². The molecule has 2 N–H and O–H groups in total. The van der Waals surface area contributed by atoms with Gasteiger partial charge in [0.05, 0.1) is 13.7 Å². The summed E-state index contributed by atoms with van der Waals surface area (Å²) < 4.78 is 20.6. The summed E-state index contributed by atoms with van der Waals surface area (Å²) in [5.74, 6) is 1.63. The number of methoxy groups -OCH3 is 1. The maximum atomic E-state index is 13.4. The number of halogens is 1. The minimum absolute atomic E-state index is 0.141. The predicted octanol–water partition coefficient (Wildman–Crippen LogP) is 5.34. The van der Waals surface area contributed by atoms with Gasteiger partial charge in [-0.2, -0.15) is 0 Å². The summed E-state index contributed by atoms with van der Waals surface area (Å²) in [4.78, 5) is 12.3. The third-order valence-electron chi connectivity index (χ3n) is 4.98. The number of rotatable bonds is 8. The van der Waals surface area contributed by atoms with Gasteiger partial charge in [0.25, 0.3) is 0 Å². The topological polar surface area (TPSA) is 81.1 Å². The van der Waals surface area contributed by atoms with Crippen LogP contribution in [0.4, 0.5) is 14.9 Å². The van der Waals surface area contributed by atoms with E-state index in [1.165, 1.54) is 18.2 Å². The highest BCUT2D eigenvalue weighted by molar-refractivity contribution is 7.98. The van der Waals surface area contributed by atoms with Gasteiger partial charge < -0.3 is 15.4 Å². The highest BCUT2D eigenvalue weighted by atomic mass is 32.2. The average Bonchev–Trinajstić information content (AvgIpc) is 3.25. The molecular formula is C25H24FN5O2S. The van der Waals surface area contributed by atoms with Gasteiger partial charge in [0, 0.05) is 17.1 Å². The number of urea groups is 1. The third-order valence-corrected chi connectivity index (χ3v) is 5.98. The number of amides is 2. The fourth-order valence-electron chi connectivity index (χ4n) is 3.27. The Labute approximate surface area is 201 Å². The molecule has 0 aliphatic heterocycles. The Morgan fingerprint density at radius 2 is 1.85 bits per heavy atom. The molecule has 2 amide bonds.